The molecule has 1 heterocycles. The Bertz CT molecular complexity index is 1540. The number of esters is 2. The van der Waals surface area contributed by atoms with Crippen LogP contribution < -0.4 is 14.2 Å². The molecule has 1 fully saturated rings. The zero-order valence-corrected chi connectivity index (χ0v) is 52.3. The van der Waals surface area contributed by atoms with Gasteiger partial charge in [0.1, 0.15) is 6.61 Å². The predicted octanol–water partition coefficient (Wildman–Crippen LogP) is 15.5. The first kappa shape index (κ1) is 67.1. The zero-order chi connectivity index (χ0) is 54.3. The van der Waals surface area contributed by atoms with Crippen LogP contribution in [0.4, 0.5) is 0 Å². The number of rotatable bonds is 41. The largest absolute Gasteiger partial charge is 0.493 e. The number of nitrogens with zero attached hydrogens (tertiary/aromatic N) is 3. The molecular weight excluding hydrogens is 947 g/mol. The molecule has 1 aromatic rings. The Hall–Kier alpha value is -2.01. The molecule has 2 atom stereocenters. The fourth-order valence-corrected chi connectivity index (χ4v) is 12.0. The smallest absolute Gasteiger partial charge is 0.338 e. The average molecular weight is 1060 g/mol. The molecule has 0 spiro atoms. The van der Waals surface area contributed by atoms with E-state index in [1.807, 2.05) is 0 Å². The number of methoxy groups -OCH3 is 2. The van der Waals surface area contributed by atoms with Crippen molar-refractivity contribution in [1.29, 1.82) is 0 Å². The van der Waals surface area contributed by atoms with Crippen molar-refractivity contribution in [1.82, 2.24) is 14.7 Å². The molecule has 1 aliphatic heterocycles. The molecular formula is C60H115N3O8Si2. The molecule has 0 aliphatic carbocycles. The molecule has 1 aromatic carbocycles. The van der Waals surface area contributed by atoms with E-state index in [2.05, 4.69) is 103 Å². The average Bonchev–Trinajstić information content (AvgIpc) is 3.32. The molecule has 0 bridgehead atoms. The molecule has 73 heavy (non-hydrogen) atoms. The van der Waals surface area contributed by atoms with Gasteiger partial charge in [-0.05, 0) is 81.3 Å². The van der Waals surface area contributed by atoms with Crippen LogP contribution >= 0.6 is 0 Å². The van der Waals surface area contributed by atoms with Crippen LogP contribution in [0.15, 0.2) is 12.1 Å². The molecule has 1 saturated heterocycles. The fraction of sp³-hybridized carbons (Fsp3) is 0.867. The molecule has 1 aliphatic rings. The number of unbranched alkanes of at least 4 members (excludes halogenated alkanes) is 18. The minimum atomic E-state index is -2.10. The van der Waals surface area contributed by atoms with Gasteiger partial charge in [-0.3, -0.25) is 14.6 Å². The van der Waals surface area contributed by atoms with Crippen LogP contribution in [0.3, 0.4) is 0 Å². The Morgan fingerprint density at radius 2 is 1.00 bits per heavy atom. The van der Waals surface area contributed by atoms with Crippen LogP contribution in [0, 0.1) is 0 Å². The predicted molar refractivity (Wildman–Crippen MR) is 312 cm³/mol. The number of carbonyl (C=O) groups is 2. The van der Waals surface area contributed by atoms with E-state index < -0.39 is 22.6 Å². The summed E-state index contributed by atoms with van der Waals surface area (Å²) >= 11 is 0. The molecule has 0 radical (unpaired) electrons. The van der Waals surface area contributed by atoms with Gasteiger partial charge in [0.05, 0.1) is 32.0 Å². The van der Waals surface area contributed by atoms with Crippen molar-refractivity contribution >= 4 is 28.6 Å². The summed E-state index contributed by atoms with van der Waals surface area (Å²) in [4.78, 5) is 34.2. The van der Waals surface area contributed by atoms with Crippen molar-refractivity contribution < 1.29 is 37.4 Å². The standard InChI is InChI=1S/C60H115N3O8Si2/c1-16-18-20-22-24-26-28-30-32-34-37-52(70-72(12,13)59(3,4)5)49-63(50-53(71-73(14,15)60(6,7)8)38-35-33-31-29-27-25-23-21-19-17-2)40-36-39-56(64)69-57-54(66-10)47-51(48-55(57)67-11)58(65)68-46-45-62-43-41-61(9)42-44-62/h47-48,52-53H,16-46,49-50H2,1-15H3. The maximum absolute atomic E-state index is 13.8. The molecule has 11 nitrogen and oxygen atoms in total. The maximum Gasteiger partial charge on any atom is 0.338 e. The summed E-state index contributed by atoms with van der Waals surface area (Å²) in [6, 6.07) is 3.14. The van der Waals surface area contributed by atoms with E-state index in [0.717, 1.165) is 65.0 Å². The van der Waals surface area contributed by atoms with Crippen LogP contribution in [-0.4, -0.2) is 136 Å². The van der Waals surface area contributed by atoms with Gasteiger partial charge < -0.3 is 32.7 Å². The van der Waals surface area contributed by atoms with Crippen LogP contribution in [0.1, 0.15) is 220 Å². The lowest BCUT2D eigenvalue weighted by molar-refractivity contribution is -0.134. The van der Waals surface area contributed by atoms with Crippen molar-refractivity contribution in [2.24, 2.45) is 0 Å². The Labute approximate surface area is 451 Å². The third-order valence-corrected chi connectivity index (χ3v) is 25.3. The van der Waals surface area contributed by atoms with Crippen molar-refractivity contribution in [2.45, 2.75) is 258 Å². The summed E-state index contributed by atoms with van der Waals surface area (Å²) in [7, 11) is 0.924. The van der Waals surface area contributed by atoms with Gasteiger partial charge in [-0.1, -0.05) is 184 Å². The number of ether oxygens (including phenoxy) is 4. The second-order valence-electron chi connectivity index (χ2n) is 24.8. The summed E-state index contributed by atoms with van der Waals surface area (Å²) in [6.07, 6.45) is 29.3. The number of hydrogen-bond acceptors (Lipinski definition) is 11. The lowest BCUT2D eigenvalue weighted by Crippen LogP contribution is -2.50. The number of likely N-dealkylation sites (N-methyl/N-ethyl adjacent to an activating group) is 1. The topological polar surface area (TPSA) is 99.2 Å². The van der Waals surface area contributed by atoms with Gasteiger partial charge >= 0.3 is 11.9 Å². The number of benzene rings is 1. The van der Waals surface area contributed by atoms with Crippen molar-refractivity contribution in [2.75, 3.05) is 80.2 Å². The molecule has 426 valence electrons. The van der Waals surface area contributed by atoms with Crippen LogP contribution in [0.25, 0.3) is 0 Å². The van der Waals surface area contributed by atoms with E-state index in [1.165, 1.54) is 130 Å². The first-order chi connectivity index (χ1) is 34.6. The molecule has 13 heteroatoms. The highest BCUT2D eigenvalue weighted by Gasteiger charge is 2.41. The monoisotopic (exact) mass is 1060 g/mol. The molecule has 2 rings (SSSR count). The van der Waals surface area contributed by atoms with Gasteiger partial charge in [0.2, 0.25) is 5.75 Å². The van der Waals surface area contributed by atoms with E-state index in [1.54, 1.807) is 12.1 Å². The lowest BCUT2D eigenvalue weighted by atomic mass is 10.0. The van der Waals surface area contributed by atoms with E-state index >= 15 is 0 Å². The van der Waals surface area contributed by atoms with Crippen LogP contribution in [0.2, 0.25) is 36.3 Å². The molecule has 0 aromatic heterocycles. The Kier molecular flexibility index (Phi) is 33.2. The van der Waals surface area contributed by atoms with Crippen LogP contribution in [0.5, 0.6) is 17.2 Å². The van der Waals surface area contributed by atoms with E-state index in [4.69, 9.17) is 27.8 Å². The van der Waals surface area contributed by atoms with Gasteiger partial charge in [-0.15, -0.1) is 0 Å². The number of hydrogen-bond donors (Lipinski definition) is 0. The Balaban J connectivity index is 2.31. The third-order valence-electron chi connectivity index (χ3n) is 16.2. The first-order valence-corrected chi connectivity index (χ1v) is 35.5. The van der Waals surface area contributed by atoms with Crippen molar-refractivity contribution in [3.8, 4) is 17.2 Å². The van der Waals surface area contributed by atoms with Gasteiger partial charge in [0.25, 0.3) is 0 Å². The summed E-state index contributed by atoms with van der Waals surface area (Å²) in [6.45, 7) is 35.4. The minimum absolute atomic E-state index is 0.0896. The maximum atomic E-state index is 13.8. The summed E-state index contributed by atoms with van der Waals surface area (Å²) in [5.74, 6) is -0.194. The quantitative estimate of drug-likeness (QED) is 0.0271. The Morgan fingerprint density at radius 3 is 1.38 bits per heavy atom. The highest BCUT2D eigenvalue weighted by atomic mass is 28.4. The number of piperazine rings is 1. The zero-order valence-electron chi connectivity index (χ0n) is 50.3. The molecule has 0 saturated carbocycles. The SMILES string of the molecule is CCCCCCCCCCCCC(CN(CCCC(=O)Oc1c(OC)cc(C(=O)OCCN2CCN(C)CC2)cc1OC)CC(CCCCCCCCCCCC)O[Si](C)(C)C(C)(C)C)O[Si](C)(C)C(C)(C)C. The van der Waals surface area contributed by atoms with E-state index in [-0.39, 0.29) is 64.1 Å². The molecule has 0 amide bonds. The molecule has 0 N–H and O–H groups in total. The summed E-state index contributed by atoms with van der Waals surface area (Å²) in [5.41, 5.74) is 0.280. The lowest BCUT2D eigenvalue weighted by Gasteiger charge is -2.42. The highest BCUT2D eigenvalue weighted by molar-refractivity contribution is 6.74. The second kappa shape index (κ2) is 36.2. The minimum Gasteiger partial charge on any atom is -0.493 e. The van der Waals surface area contributed by atoms with E-state index in [9.17, 15) is 9.59 Å². The fourth-order valence-electron chi connectivity index (χ4n) is 9.25. The summed E-state index contributed by atoms with van der Waals surface area (Å²) < 4.78 is 37.8. The van der Waals surface area contributed by atoms with Crippen molar-refractivity contribution in [3.63, 3.8) is 0 Å². The first-order valence-electron chi connectivity index (χ1n) is 29.7. The van der Waals surface area contributed by atoms with Gasteiger partial charge in [0, 0.05) is 52.2 Å². The Morgan fingerprint density at radius 1 is 0.603 bits per heavy atom. The van der Waals surface area contributed by atoms with Gasteiger partial charge in [-0.2, -0.15) is 0 Å². The van der Waals surface area contributed by atoms with Gasteiger partial charge in [-0.25, -0.2) is 4.79 Å². The molecule has 2 unspecified atom stereocenters. The number of carbonyl (C=O) groups excluding carboxylic acids is 2. The van der Waals surface area contributed by atoms with Gasteiger partial charge in [0.15, 0.2) is 28.1 Å². The van der Waals surface area contributed by atoms with E-state index in [0.29, 0.717) is 19.5 Å². The van der Waals surface area contributed by atoms with Crippen molar-refractivity contribution in [3.05, 3.63) is 17.7 Å². The summed E-state index contributed by atoms with van der Waals surface area (Å²) in [5, 5.41) is 0.179. The highest BCUT2D eigenvalue weighted by Crippen LogP contribution is 2.41. The van der Waals surface area contributed by atoms with Crippen LogP contribution in [-0.2, 0) is 18.4 Å². The second-order valence-corrected chi connectivity index (χ2v) is 34.3. The normalized spacial score (nSPS) is 15.2. The third kappa shape index (κ3) is 27.7.